The quantitative estimate of drug-likeness (QED) is 0.816. The molecule has 1 unspecified atom stereocenters. The van der Waals surface area contributed by atoms with Gasteiger partial charge in [-0.3, -0.25) is 0 Å². The van der Waals surface area contributed by atoms with E-state index in [1.165, 1.54) is 11.1 Å². The van der Waals surface area contributed by atoms with E-state index in [1.807, 2.05) is 0 Å². The van der Waals surface area contributed by atoms with Gasteiger partial charge >= 0.3 is 0 Å². The normalized spacial score (nSPS) is 15.9. The molecular formula is C15H25N. The summed E-state index contributed by atoms with van der Waals surface area (Å²) in [6.07, 6.45) is 1.13. The van der Waals surface area contributed by atoms with Crippen molar-refractivity contribution in [3.05, 3.63) is 35.4 Å². The molecule has 90 valence electrons. The van der Waals surface area contributed by atoms with Crippen molar-refractivity contribution < 1.29 is 0 Å². The maximum absolute atomic E-state index is 6.21. The number of hydrogen-bond acceptors (Lipinski definition) is 1. The van der Waals surface area contributed by atoms with E-state index in [2.05, 4.69) is 58.9 Å². The summed E-state index contributed by atoms with van der Waals surface area (Å²) in [5, 5.41) is 0. The van der Waals surface area contributed by atoms with Crippen molar-refractivity contribution in [2.45, 2.75) is 52.5 Å². The van der Waals surface area contributed by atoms with E-state index in [4.69, 9.17) is 5.73 Å². The van der Waals surface area contributed by atoms with Crippen molar-refractivity contribution in [3.63, 3.8) is 0 Å². The SMILES string of the molecule is CCC(C)[C@H](N)c1ccc(C(C)(C)C)cc1. The third-order valence-corrected chi connectivity index (χ3v) is 3.42. The van der Waals surface area contributed by atoms with Gasteiger partial charge in [0.15, 0.2) is 0 Å². The van der Waals surface area contributed by atoms with Gasteiger partial charge in [0.2, 0.25) is 0 Å². The molecule has 2 N–H and O–H groups in total. The fraction of sp³-hybridized carbons (Fsp3) is 0.600. The highest BCUT2D eigenvalue weighted by Crippen LogP contribution is 2.26. The standard InChI is InChI=1S/C15H25N/c1-6-11(2)14(16)12-7-9-13(10-8-12)15(3,4)5/h7-11,14H,6,16H2,1-5H3/t11?,14-/m0/s1. The molecule has 1 heteroatoms. The third-order valence-electron chi connectivity index (χ3n) is 3.42. The highest BCUT2D eigenvalue weighted by molar-refractivity contribution is 5.29. The Balaban J connectivity index is 2.87. The van der Waals surface area contributed by atoms with Crippen LogP contribution in [0.2, 0.25) is 0 Å². The summed E-state index contributed by atoms with van der Waals surface area (Å²) in [5.74, 6) is 0.542. The van der Waals surface area contributed by atoms with Crippen LogP contribution in [0.5, 0.6) is 0 Å². The average molecular weight is 219 g/mol. The van der Waals surface area contributed by atoms with E-state index in [0.29, 0.717) is 5.92 Å². The molecule has 0 fully saturated rings. The minimum atomic E-state index is 0.166. The van der Waals surface area contributed by atoms with E-state index >= 15 is 0 Å². The van der Waals surface area contributed by atoms with E-state index in [0.717, 1.165) is 6.42 Å². The zero-order chi connectivity index (χ0) is 12.3. The van der Waals surface area contributed by atoms with Crippen molar-refractivity contribution in [2.24, 2.45) is 11.7 Å². The van der Waals surface area contributed by atoms with Crippen LogP contribution in [0.15, 0.2) is 24.3 Å². The molecule has 0 aliphatic heterocycles. The maximum atomic E-state index is 6.21. The third kappa shape index (κ3) is 3.08. The van der Waals surface area contributed by atoms with Crippen LogP contribution < -0.4 is 5.73 Å². The smallest absolute Gasteiger partial charge is 0.0320 e. The largest absolute Gasteiger partial charge is 0.324 e. The predicted octanol–water partition coefficient (Wildman–Crippen LogP) is 4.03. The molecule has 0 amide bonds. The van der Waals surface area contributed by atoms with Crippen molar-refractivity contribution >= 4 is 0 Å². The molecule has 0 radical (unpaired) electrons. The zero-order valence-electron chi connectivity index (χ0n) is 11.2. The van der Waals surface area contributed by atoms with Gasteiger partial charge in [0.1, 0.15) is 0 Å². The van der Waals surface area contributed by atoms with Crippen LogP contribution in [0.4, 0.5) is 0 Å². The molecule has 1 rings (SSSR count). The van der Waals surface area contributed by atoms with Crippen LogP contribution in [0.25, 0.3) is 0 Å². The molecule has 0 aliphatic carbocycles. The first-order valence-electron chi connectivity index (χ1n) is 6.22. The Morgan fingerprint density at radius 1 is 1.12 bits per heavy atom. The van der Waals surface area contributed by atoms with E-state index in [-0.39, 0.29) is 11.5 Å². The second-order valence-electron chi connectivity index (χ2n) is 5.78. The summed E-state index contributed by atoms with van der Waals surface area (Å²) in [6, 6.07) is 8.93. The van der Waals surface area contributed by atoms with Crippen molar-refractivity contribution in [1.82, 2.24) is 0 Å². The molecule has 1 nitrogen and oxygen atoms in total. The number of nitrogens with two attached hydrogens (primary N) is 1. The highest BCUT2D eigenvalue weighted by atomic mass is 14.6. The van der Waals surface area contributed by atoms with Gasteiger partial charge in [-0.25, -0.2) is 0 Å². The molecule has 0 bridgehead atoms. The van der Waals surface area contributed by atoms with Crippen LogP contribution in [-0.4, -0.2) is 0 Å². The van der Waals surface area contributed by atoms with Crippen LogP contribution in [0.1, 0.15) is 58.2 Å². The molecule has 16 heavy (non-hydrogen) atoms. The Bertz CT molecular complexity index is 318. The fourth-order valence-electron chi connectivity index (χ4n) is 1.79. The molecule has 0 saturated carbocycles. The van der Waals surface area contributed by atoms with Crippen LogP contribution in [0, 0.1) is 5.92 Å². The topological polar surface area (TPSA) is 26.0 Å². The number of hydrogen-bond donors (Lipinski definition) is 1. The van der Waals surface area contributed by atoms with Crippen LogP contribution in [0.3, 0.4) is 0 Å². The Hall–Kier alpha value is -0.820. The molecule has 0 spiro atoms. The number of rotatable bonds is 3. The first-order chi connectivity index (χ1) is 7.36. The molecule has 2 atom stereocenters. The van der Waals surface area contributed by atoms with Crippen molar-refractivity contribution in [1.29, 1.82) is 0 Å². The molecule has 0 aliphatic rings. The molecule has 1 aromatic carbocycles. The Morgan fingerprint density at radius 2 is 1.62 bits per heavy atom. The molecule has 0 heterocycles. The Labute approximate surface area is 100 Å². The first kappa shape index (κ1) is 13.2. The summed E-state index contributed by atoms with van der Waals surface area (Å²) in [5.41, 5.74) is 9.05. The molecule has 0 aromatic heterocycles. The lowest BCUT2D eigenvalue weighted by Gasteiger charge is -2.22. The summed E-state index contributed by atoms with van der Waals surface area (Å²) >= 11 is 0. The summed E-state index contributed by atoms with van der Waals surface area (Å²) in [4.78, 5) is 0. The molecule has 0 saturated heterocycles. The summed E-state index contributed by atoms with van der Waals surface area (Å²) in [6.45, 7) is 11.1. The van der Waals surface area contributed by atoms with Gasteiger partial charge in [0.05, 0.1) is 0 Å². The van der Waals surface area contributed by atoms with E-state index in [1.54, 1.807) is 0 Å². The molecular weight excluding hydrogens is 194 g/mol. The van der Waals surface area contributed by atoms with Gasteiger partial charge in [0, 0.05) is 6.04 Å². The van der Waals surface area contributed by atoms with Gasteiger partial charge in [-0.2, -0.15) is 0 Å². The molecule has 1 aromatic rings. The summed E-state index contributed by atoms with van der Waals surface area (Å²) < 4.78 is 0. The van der Waals surface area contributed by atoms with Gasteiger partial charge in [-0.1, -0.05) is 65.3 Å². The second-order valence-corrected chi connectivity index (χ2v) is 5.78. The lowest BCUT2D eigenvalue weighted by Crippen LogP contribution is -2.19. The highest BCUT2D eigenvalue weighted by Gasteiger charge is 2.16. The lowest BCUT2D eigenvalue weighted by molar-refractivity contribution is 0.456. The van der Waals surface area contributed by atoms with Gasteiger partial charge in [0.25, 0.3) is 0 Å². The van der Waals surface area contributed by atoms with E-state index < -0.39 is 0 Å². The number of benzene rings is 1. The van der Waals surface area contributed by atoms with Crippen LogP contribution in [-0.2, 0) is 5.41 Å². The maximum Gasteiger partial charge on any atom is 0.0320 e. The predicted molar refractivity (Wildman–Crippen MR) is 71.5 cm³/mol. The van der Waals surface area contributed by atoms with Crippen molar-refractivity contribution in [3.8, 4) is 0 Å². The van der Waals surface area contributed by atoms with Gasteiger partial charge < -0.3 is 5.73 Å². The van der Waals surface area contributed by atoms with Gasteiger partial charge in [-0.05, 0) is 22.5 Å². The summed E-state index contributed by atoms with van der Waals surface area (Å²) in [7, 11) is 0. The minimum Gasteiger partial charge on any atom is -0.324 e. The van der Waals surface area contributed by atoms with E-state index in [9.17, 15) is 0 Å². The Morgan fingerprint density at radius 3 is 2.00 bits per heavy atom. The minimum absolute atomic E-state index is 0.166. The fourth-order valence-corrected chi connectivity index (χ4v) is 1.79. The average Bonchev–Trinajstić information content (AvgIpc) is 2.26. The van der Waals surface area contributed by atoms with Crippen molar-refractivity contribution in [2.75, 3.05) is 0 Å². The zero-order valence-corrected chi connectivity index (χ0v) is 11.2. The monoisotopic (exact) mass is 219 g/mol. The Kier molecular flexibility index (Phi) is 4.15. The first-order valence-corrected chi connectivity index (χ1v) is 6.22. The lowest BCUT2D eigenvalue weighted by atomic mass is 9.85. The van der Waals surface area contributed by atoms with Gasteiger partial charge in [-0.15, -0.1) is 0 Å². The second kappa shape index (κ2) is 5.01. The van der Waals surface area contributed by atoms with Crippen LogP contribution >= 0.6 is 0 Å².